The van der Waals surface area contributed by atoms with Gasteiger partial charge in [-0.15, -0.1) is 0 Å². The molecule has 0 aliphatic carbocycles. The molecule has 4 nitrogen and oxygen atoms in total. The first-order valence-corrected chi connectivity index (χ1v) is 11.8. The number of hydrogen-bond acceptors (Lipinski definition) is 3. The van der Waals surface area contributed by atoms with Crippen LogP contribution >= 0.6 is 0 Å². The van der Waals surface area contributed by atoms with Crippen LogP contribution in [-0.2, 0) is 14.9 Å². The second-order valence-electron chi connectivity index (χ2n) is 8.62. The third-order valence-corrected chi connectivity index (χ3v) is 9.65. The minimum atomic E-state index is -1.91. The van der Waals surface area contributed by atoms with Crippen molar-refractivity contribution in [3.63, 3.8) is 0 Å². The highest BCUT2D eigenvalue weighted by Gasteiger charge is 2.39. The van der Waals surface area contributed by atoms with Gasteiger partial charge in [-0.2, -0.15) is 0 Å². The average molecular weight is 362 g/mol. The van der Waals surface area contributed by atoms with Crippen LogP contribution < -0.4 is 4.43 Å². The number of aromatic nitrogens is 1. The lowest BCUT2D eigenvalue weighted by Crippen LogP contribution is -2.43. The van der Waals surface area contributed by atoms with E-state index in [1.165, 1.54) is 0 Å². The molecule has 0 bridgehead atoms. The molecule has 25 heavy (non-hydrogen) atoms. The van der Waals surface area contributed by atoms with Gasteiger partial charge in [0.1, 0.15) is 5.75 Å². The second-order valence-corrected chi connectivity index (χ2v) is 13.3. The molecule has 0 aliphatic heterocycles. The fourth-order valence-electron chi connectivity index (χ4n) is 2.55. The first-order chi connectivity index (χ1) is 11.4. The van der Waals surface area contributed by atoms with Crippen LogP contribution in [0.4, 0.5) is 0 Å². The number of ether oxygens (including phenoxy) is 1. The summed E-state index contributed by atoms with van der Waals surface area (Å²) in [6.45, 7) is 17.1. The van der Waals surface area contributed by atoms with Gasteiger partial charge in [0.05, 0.1) is 12.0 Å². The summed E-state index contributed by atoms with van der Waals surface area (Å²) < 4.78 is 11.7. The van der Waals surface area contributed by atoms with E-state index in [1.54, 1.807) is 0 Å². The first kappa shape index (κ1) is 19.6. The van der Waals surface area contributed by atoms with E-state index in [1.807, 2.05) is 45.2 Å². The number of hydrogen-bond donors (Lipinski definition) is 1. The van der Waals surface area contributed by atoms with Gasteiger partial charge in [-0.05, 0) is 62.7 Å². The number of esters is 1. The highest BCUT2D eigenvalue weighted by atomic mass is 28.4. The molecule has 0 radical (unpaired) electrons. The molecule has 0 spiro atoms. The number of fused-ring (bicyclic) bond motifs is 1. The molecular formula is C20H31NO3Si. The van der Waals surface area contributed by atoms with Crippen LogP contribution in [0.3, 0.4) is 0 Å². The molecule has 0 saturated heterocycles. The van der Waals surface area contributed by atoms with Crippen molar-refractivity contribution in [1.29, 1.82) is 0 Å². The summed E-state index contributed by atoms with van der Waals surface area (Å²) in [7, 11) is -1.91. The Balaban J connectivity index is 2.45. The predicted molar refractivity (Wildman–Crippen MR) is 106 cm³/mol. The molecule has 0 aliphatic rings. The van der Waals surface area contributed by atoms with Crippen molar-refractivity contribution in [2.45, 2.75) is 65.1 Å². The third kappa shape index (κ3) is 3.76. The Bertz CT molecular complexity index is 769. The molecule has 2 aromatic rings. The van der Waals surface area contributed by atoms with Gasteiger partial charge in [0.2, 0.25) is 8.32 Å². The van der Waals surface area contributed by atoms with Crippen LogP contribution in [0.5, 0.6) is 5.75 Å². The summed E-state index contributed by atoms with van der Waals surface area (Å²) >= 11 is 0. The summed E-state index contributed by atoms with van der Waals surface area (Å²) in [5.74, 6) is 0.645. The summed E-state index contributed by atoms with van der Waals surface area (Å²) in [6.07, 6.45) is 1.90. The van der Waals surface area contributed by atoms with Gasteiger partial charge in [0, 0.05) is 17.1 Å². The molecule has 1 N–H and O–H groups in total. The average Bonchev–Trinajstić information content (AvgIpc) is 2.89. The highest BCUT2D eigenvalue weighted by molar-refractivity contribution is 6.74. The van der Waals surface area contributed by atoms with Crippen LogP contribution in [0, 0.1) is 0 Å². The molecular weight excluding hydrogens is 330 g/mol. The smallest absolute Gasteiger partial charge is 0.316 e. The maximum Gasteiger partial charge on any atom is 0.316 e. The lowest BCUT2D eigenvalue weighted by molar-refractivity contribution is -0.148. The highest BCUT2D eigenvalue weighted by Crippen LogP contribution is 2.39. The van der Waals surface area contributed by atoms with Crippen molar-refractivity contribution in [3.8, 4) is 5.75 Å². The SMILES string of the molecule is CCOC(=O)C(C)(C)c1c[nH]c2ccc(O[Si](C)(C)C(C)(C)C)cc12. The van der Waals surface area contributed by atoms with Gasteiger partial charge >= 0.3 is 5.97 Å². The Morgan fingerprint density at radius 3 is 2.36 bits per heavy atom. The van der Waals surface area contributed by atoms with Crippen molar-refractivity contribution in [2.75, 3.05) is 6.61 Å². The molecule has 0 amide bonds. The zero-order valence-corrected chi connectivity index (χ0v) is 17.7. The van der Waals surface area contributed by atoms with Crippen molar-refractivity contribution in [1.82, 2.24) is 4.98 Å². The lowest BCUT2D eigenvalue weighted by atomic mass is 9.84. The summed E-state index contributed by atoms with van der Waals surface area (Å²) in [6, 6.07) is 6.06. The number of rotatable bonds is 5. The van der Waals surface area contributed by atoms with Crippen LogP contribution in [-0.4, -0.2) is 25.9 Å². The number of carbonyl (C=O) groups is 1. The zero-order valence-electron chi connectivity index (χ0n) is 16.7. The molecule has 1 aromatic heterocycles. The van der Waals surface area contributed by atoms with E-state index in [9.17, 15) is 4.79 Å². The summed E-state index contributed by atoms with van der Waals surface area (Å²) in [5.41, 5.74) is 1.21. The normalized spacial score (nSPS) is 13.1. The van der Waals surface area contributed by atoms with E-state index in [0.717, 1.165) is 22.2 Å². The fraction of sp³-hybridized carbons (Fsp3) is 0.550. The van der Waals surface area contributed by atoms with Gasteiger partial charge in [0.25, 0.3) is 0 Å². The van der Waals surface area contributed by atoms with E-state index in [2.05, 4.69) is 38.8 Å². The first-order valence-electron chi connectivity index (χ1n) is 8.88. The van der Waals surface area contributed by atoms with Gasteiger partial charge in [-0.3, -0.25) is 4.79 Å². The number of aromatic amines is 1. The molecule has 5 heteroatoms. The molecule has 1 aromatic carbocycles. The molecule has 0 fully saturated rings. The topological polar surface area (TPSA) is 51.3 Å². The van der Waals surface area contributed by atoms with Crippen molar-refractivity contribution >= 4 is 25.2 Å². The Labute approximate surface area is 152 Å². The van der Waals surface area contributed by atoms with Gasteiger partial charge < -0.3 is 14.1 Å². The zero-order chi connectivity index (χ0) is 19.0. The number of carbonyl (C=O) groups excluding carboxylic acids is 1. The van der Waals surface area contributed by atoms with Gasteiger partial charge in [-0.25, -0.2) is 0 Å². The predicted octanol–water partition coefficient (Wildman–Crippen LogP) is 5.39. The number of nitrogens with one attached hydrogen (secondary N) is 1. The maximum atomic E-state index is 12.4. The Morgan fingerprint density at radius 2 is 1.80 bits per heavy atom. The lowest BCUT2D eigenvalue weighted by Gasteiger charge is -2.36. The number of benzene rings is 1. The molecule has 0 unspecified atom stereocenters. The standard InChI is InChI=1S/C20H31NO3Si/c1-9-23-18(22)20(5,6)16-13-21-17-11-10-14(12-15(16)17)24-25(7,8)19(2,3)4/h10-13,21H,9H2,1-8H3. The number of H-pyrrole nitrogens is 1. The monoisotopic (exact) mass is 361 g/mol. The Morgan fingerprint density at radius 1 is 1.16 bits per heavy atom. The van der Waals surface area contributed by atoms with Crippen molar-refractivity contribution < 1.29 is 14.0 Å². The van der Waals surface area contributed by atoms with Crippen molar-refractivity contribution in [3.05, 3.63) is 30.0 Å². The molecule has 2 rings (SSSR count). The largest absolute Gasteiger partial charge is 0.543 e. The van der Waals surface area contributed by atoms with Crippen LogP contribution in [0.2, 0.25) is 18.1 Å². The van der Waals surface area contributed by atoms with E-state index >= 15 is 0 Å². The fourth-order valence-corrected chi connectivity index (χ4v) is 3.57. The third-order valence-electron chi connectivity index (χ3n) is 5.29. The maximum absolute atomic E-state index is 12.4. The van der Waals surface area contributed by atoms with E-state index in [0.29, 0.717) is 6.61 Å². The van der Waals surface area contributed by atoms with Gasteiger partial charge in [-0.1, -0.05) is 20.8 Å². The minimum Gasteiger partial charge on any atom is -0.543 e. The summed E-state index contributed by atoms with van der Waals surface area (Å²) in [5, 5.41) is 1.14. The second kappa shape index (κ2) is 6.52. The quantitative estimate of drug-likeness (QED) is 0.573. The molecule has 0 saturated carbocycles. The molecule has 138 valence electrons. The Kier molecular flexibility index (Phi) is 5.10. The van der Waals surface area contributed by atoms with E-state index in [4.69, 9.17) is 9.16 Å². The van der Waals surface area contributed by atoms with Crippen LogP contribution in [0.1, 0.15) is 47.1 Å². The Hall–Kier alpha value is -1.75. The van der Waals surface area contributed by atoms with E-state index < -0.39 is 13.7 Å². The summed E-state index contributed by atoms with van der Waals surface area (Å²) in [4.78, 5) is 15.7. The molecule has 1 heterocycles. The minimum absolute atomic E-state index is 0.132. The van der Waals surface area contributed by atoms with Crippen molar-refractivity contribution in [2.24, 2.45) is 0 Å². The van der Waals surface area contributed by atoms with E-state index in [-0.39, 0.29) is 11.0 Å². The van der Waals surface area contributed by atoms with Crippen LogP contribution in [0.15, 0.2) is 24.4 Å². The van der Waals surface area contributed by atoms with Gasteiger partial charge in [0.15, 0.2) is 0 Å². The molecule has 0 atom stereocenters. The van der Waals surface area contributed by atoms with Crippen LogP contribution in [0.25, 0.3) is 10.9 Å².